The maximum atomic E-state index is 11.0. The van der Waals surface area contributed by atoms with Gasteiger partial charge in [-0.2, -0.15) is 0 Å². The Bertz CT molecular complexity index is 452. The molecule has 1 aromatic heterocycles. The molecule has 4 heteroatoms. The molecule has 0 aliphatic carbocycles. The van der Waals surface area contributed by atoms with Gasteiger partial charge in [0.2, 0.25) is 5.88 Å². The number of aromatic nitrogens is 1. The highest BCUT2D eigenvalue weighted by Crippen LogP contribution is 2.16. The van der Waals surface area contributed by atoms with E-state index in [1.807, 2.05) is 0 Å². The average Bonchev–Trinajstić information content (AvgIpc) is 2.24. The molecule has 0 N–H and O–H groups in total. The fourth-order valence-electron chi connectivity index (χ4n) is 1.09. The van der Waals surface area contributed by atoms with Gasteiger partial charge in [0.25, 0.3) is 0 Å². The van der Waals surface area contributed by atoms with Gasteiger partial charge in [-0.3, -0.25) is 4.79 Å². The fourth-order valence-corrected chi connectivity index (χ4v) is 1.60. The summed E-state index contributed by atoms with van der Waals surface area (Å²) in [5.41, 5.74) is 4.32. The van der Waals surface area contributed by atoms with Crippen molar-refractivity contribution in [3.63, 3.8) is 0 Å². The third-order valence-electron chi connectivity index (χ3n) is 1.84. The Balaban J connectivity index is 3.22. The summed E-state index contributed by atoms with van der Waals surface area (Å²) >= 11 is 0. The smallest absolute Gasteiger partial charge is 0.225 e. The quantitative estimate of drug-likeness (QED) is 0.446. The van der Waals surface area contributed by atoms with Crippen LogP contribution in [0.4, 0.5) is 0 Å². The molecular weight excluding hydrogens is 218 g/mol. The van der Waals surface area contributed by atoms with Crippen molar-refractivity contribution >= 4 is 14.4 Å². The van der Waals surface area contributed by atoms with Crippen LogP contribution >= 0.6 is 0 Å². The van der Waals surface area contributed by atoms with E-state index >= 15 is 0 Å². The van der Waals surface area contributed by atoms with Crippen molar-refractivity contribution in [2.24, 2.45) is 0 Å². The molecule has 0 aromatic carbocycles. The van der Waals surface area contributed by atoms with Crippen LogP contribution in [0.3, 0.4) is 0 Å². The van der Waals surface area contributed by atoms with Crippen LogP contribution in [0.15, 0.2) is 12.3 Å². The molecule has 0 aliphatic heterocycles. The van der Waals surface area contributed by atoms with Crippen LogP contribution < -0.4 is 4.74 Å². The van der Waals surface area contributed by atoms with Gasteiger partial charge in [-0.25, -0.2) is 4.98 Å². The maximum absolute atomic E-state index is 11.0. The van der Waals surface area contributed by atoms with E-state index in [0.29, 0.717) is 17.0 Å². The van der Waals surface area contributed by atoms with Gasteiger partial charge in [0.05, 0.1) is 12.7 Å². The molecule has 1 aromatic rings. The molecule has 0 aliphatic rings. The number of carbonyl (C=O) groups is 1. The van der Waals surface area contributed by atoms with E-state index in [1.165, 1.54) is 7.11 Å². The van der Waals surface area contributed by atoms with Gasteiger partial charge < -0.3 is 4.74 Å². The lowest BCUT2D eigenvalue weighted by molar-refractivity contribution is 0.111. The van der Waals surface area contributed by atoms with Gasteiger partial charge in [-0.1, -0.05) is 25.6 Å². The van der Waals surface area contributed by atoms with Crippen molar-refractivity contribution in [3.8, 4) is 17.3 Å². The first-order valence-corrected chi connectivity index (χ1v) is 8.49. The summed E-state index contributed by atoms with van der Waals surface area (Å²) in [4.78, 5) is 14.9. The number of methoxy groups -OCH3 is 1. The Hall–Kier alpha value is -1.60. The molecule has 1 rings (SSSR count). The highest BCUT2D eigenvalue weighted by atomic mass is 28.3. The SMILES string of the molecule is COc1nccc(C#C[Si](C)(C)C)c1C=O. The van der Waals surface area contributed by atoms with E-state index in [-0.39, 0.29) is 0 Å². The molecule has 0 saturated heterocycles. The highest BCUT2D eigenvalue weighted by Gasteiger charge is 2.10. The number of rotatable bonds is 2. The molecule has 0 atom stereocenters. The van der Waals surface area contributed by atoms with Crippen LogP contribution in [-0.4, -0.2) is 26.5 Å². The molecule has 0 unspecified atom stereocenters. The second kappa shape index (κ2) is 4.95. The van der Waals surface area contributed by atoms with Crippen LogP contribution in [0.25, 0.3) is 0 Å². The topological polar surface area (TPSA) is 39.2 Å². The van der Waals surface area contributed by atoms with Gasteiger partial charge in [-0.05, 0) is 6.07 Å². The molecule has 0 spiro atoms. The molecule has 3 nitrogen and oxygen atoms in total. The van der Waals surface area contributed by atoms with E-state index in [9.17, 15) is 4.79 Å². The van der Waals surface area contributed by atoms with Crippen LogP contribution in [-0.2, 0) is 0 Å². The number of carbonyl (C=O) groups excluding carboxylic acids is 1. The lowest BCUT2D eigenvalue weighted by atomic mass is 10.1. The highest BCUT2D eigenvalue weighted by molar-refractivity contribution is 6.83. The van der Waals surface area contributed by atoms with Crippen molar-refractivity contribution in [1.29, 1.82) is 0 Å². The minimum atomic E-state index is -1.44. The summed E-state index contributed by atoms with van der Waals surface area (Å²) < 4.78 is 5.01. The van der Waals surface area contributed by atoms with Crippen molar-refractivity contribution in [2.45, 2.75) is 19.6 Å². The van der Waals surface area contributed by atoms with Crippen LogP contribution in [0.5, 0.6) is 5.88 Å². The summed E-state index contributed by atoms with van der Waals surface area (Å²) in [6, 6.07) is 1.74. The number of aldehydes is 1. The molecular formula is C12H15NO2Si. The minimum absolute atomic E-state index is 0.331. The van der Waals surface area contributed by atoms with Crippen LogP contribution in [0.2, 0.25) is 19.6 Å². The van der Waals surface area contributed by atoms with E-state index in [1.54, 1.807) is 12.3 Å². The molecule has 16 heavy (non-hydrogen) atoms. The summed E-state index contributed by atoms with van der Waals surface area (Å²) in [5.74, 6) is 3.37. The van der Waals surface area contributed by atoms with Gasteiger partial charge in [0, 0.05) is 11.8 Å². The molecule has 84 valence electrons. The average molecular weight is 233 g/mol. The van der Waals surface area contributed by atoms with Gasteiger partial charge in [0.15, 0.2) is 6.29 Å². The first-order valence-electron chi connectivity index (χ1n) is 4.99. The number of nitrogens with zero attached hydrogens (tertiary/aromatic N) is 1. The van der Waals surface area contributed by atoms with Crippen molar-refractivity contribution < 1.29 is 9.53 Å². The Morgan fingerprint density at radius 1 is 1.44 bits per heavy atom. The first-order chi connectivity index (χ1) is 7.48. The number of ether oxygens (including phenoxy) is 1. The summed E-state index contributed by atoms with van der Waals surface area (Å²) in [6.07, 6.45) is 2.33. The molecule has 1 heterocycles. The zero-order valence-electron chi connectivity index (χ0n) is 10.00. The van der Waals surface area contributed by atoms with E-state index in [2.05, 4.69) is 36.1 Å². The normalized spacial score (nSPS) is 10.2. The van der Waals surface area contributed by atoms with E-state index < -0.39 is 8.07 Å². The summed E-state index contributed by atoms with van der Waals surface area (Å²) in [7, 11) is 0.0496. The standard InChI is InChI=1S/C12H15NO2Si/c1-15-12-11(9-14)10(5-7-13-12)6-8-16(2,3)4/h5,7,9H,1-4H3. The maximum Gasteiger partial charge on any atom is 0.225 e. The molecule has 0 bridgehead atoms. The Morgan fingerprint density at radius 2 is 2.12 bits per heavy atom. The molecule has 0 saturated carbocycles. The Kier molecular flexibility index (Phi) is 3.86. The number of pyridine rings is 1. The van der Waals surface area contributed by atoms with Gasteiger partial charge >= 0.3 is 0 Å². The third kappa shape index (κ3) is 3.21. The van der Waals surface area contributed by atoms with Crippen LogP contribution in [0.1, 0.15) is 15.9 Å². The predicted molar refractivity (Wildman–Crippen MR) is 66.4 cm³/mol. The minimum Gasteiger partial charge on any atom is -0.480 e. The van der Waals surface area contributed by atoms with E-state index in [0.717, 1.165) is 6.29 Å². The Labute approximate surface area is 96.9 Å². The second-order valence-electron chi connectivity index (χ2n) is 4.40. The number of hydrogen-bond donors (Lipinski definition) is 0. The van der Waals surface area contributed by atoms with E-state index in [4.69, 9.17) is 4.74 Å². The fraction of sp³-hybridized carbons (Fsp3) is 0.333. The van der Waals surface area contributed by atoms with Crippen molar-refractivity contribution in [1.82, 2.24) is 4.98 Å². The largest absolute Gasteiger partial charge is 0.480 e. The predicted octanol–water partition coefficient (Wildman–Crippen LogP) is 2.13. The Morgan fingerprint density at radius 3 is 2.62 bits per heavy atom. The van der Waals surface area contributed by atoms with Gasteiger partial charge in [-0.15, -0.1) is 5.54 Å². The lowest BCUT2D eigenvalue weighted by Gasteiger charge is -2.05. The summed E-state index contributed by atoms with van der Waals surface area (Å²) in [6.45, 7) is 6.46. The zero-order chi connectivity index (χ0) is 12.2. The van der Waals surface area contributed by atoms with Crippen LogP contribution in [0, 0.1) is 11.5 Å². The first kappa shape index (κ1) is 12.5. The monoisotopic (exact) mass is 233 g/mol. The zero-order valence-corrected chi connectivity index (χ0v) is 11.0. The van der Waals surface area contributed by atoms with Crippen molar-refractivity contribution in [2.75, 3.05) is 7.11 Å². The summed E-state index contributed by atoms with van der Waals surface area (Å²) in [5, 5.41) is 0. The third-order valence-corrected chi connectivity index (χ3v) is 2.71. The van der Waals surface area contributed by atoms with Crippen molar-refractivity contribution in [3.05, 3.63) is 23.4 Å². The lowest BCUT2D eigenvalue weighted by Crippen LogP contribution is -2.16. The molecule has 0 radical (unpaired) electrons. The number of hydrogen-bond acceptors (Lipinski definition) is 3. The van der Waals surface area contributed by atoms with Gasteiger partial charge in [0.1, 0.15) is 8.07 Å². The second-order valence-corrected chi connectivity index (χ2v) is 9.15. The molecule has 0 fully saturated rings. The molecule has 0 amide bonds.